The van der Waals surface area contributed by atoms with Crippen molar-refractivity contribution in [3.8, 4) is 0 Å². The van der Waals surface area contributed by atoms with Crippen LogP contribution in [0.4, 0.5) is 25.9 Å². The number of ether oxygens (including phenoxy) is 6. The van der Waals surface area contributed by atoms with Crippen LogP contribution >= 0.6 is 0 Å². The number of hydrogen-bond acceptors (Lipinski definition) is 11. The second-order valence-electron chi connectivity index (χ2n) is 20.6. The van der Waals surface area contributed by atoms with Crippen LogP contribution in [-0.2, 0) is 61.1 Å². The smallest absolute Gasteiger partial charge is 0.566 e. The first-order valence-electron chi connectivity index (χ1n) is 31.9. The number of epoxide rings is 2. The monoisotopic (exact) mass is 1190 g/mol. The van der Waals surface area contributed by atoms with E-state index in [0.29, 0.717) is 82.4 Å². The molecule has 0 N–H and O–H groups in total. The minimum Gasteiger partial charge on any atom is -0.566 e. The molecule has 21 heteroatoms. The summed E-state index contributed by atoms with van der Waals surface area (Å²) in [5, 5.41) is 0. The van der Waals surface area contributed by atoms with Crippen molar-refractivity contribution in [1.82, 2.24) is 0 Å². The van der Waals surface area contributed by atoms with Crippen molar-refractivity contribution >= 4 is 50.5 Å². The second kappa shape index (κ2) is 56.9. The maximum Gasteiger partial charge on any atom is 0.844 e. The van der Waals surface area contributed by atoms with E-state index in [1.165, 1.54) is 17.1 Å². The van der Waals surface area contributed by atoms with E-state index in [4.69, 9.17) is 28.1 Å². The first kappa shape index (κ1) is 85.3. The topological polar surface area (TPSA) is 158 Å². The molecule has 82 heavy (non-hydrogen) atoms. The Kier molecular flexibility index (Phi) is 59.2. The van der Waals surface area contributed by atoms with Crippen LogP contribution in [-0.4, -0.2) is 106 Å². The van der Waals surface area contributed by atoms with Crippen molar-refractivity contribution in [2.24, 2.45) is 0 Å². The van der Waals surface area contributed by atoms with Crippen LogP contribution in [0.15, 0.2) is 0 Å². The minimum atomic E-state index is -4.80. The van der Waals surface area contributed by atoms with Crippen molar-refractivity contribution in [3.05, 3.63) is 0 Å². The molecule has 2 aliphatic heterocycles. The van der Waals surface area contributed by atoms with Gasteiger partial charge in [-0.2, -0.15) is 0 Å². The maximum absolute atomic E-state index is 12.1. The molecule has 0 aromatic rings. The van der Waals surface area contributed by atoms with Gasteiger partial charge >= 0.3 is 50.5 Å². The molecule has 0 bridgehead atoms. The summed E-state index contributed by atoms with van der Waals surface area (Å²) in [7, 11) is -6.76. The molecule has 8 atom stereocenters. The summed E-state index contributed by atoms with van der Waals surface area (Å²) >= 11 is 0. The maximum atomic E-state index is 12.1. The highest BCUT2D eigenvalue weighted by atomic mass is 19.4. The molecule has 486 valence electrons. The summed E-state index contributed by atoms with van der Waals surface area (Å²) in [4.78, 5) is 57.9. The van der Waals surface area contributed by atoms with E-state index in [9.17, 15) is 49.9 Å². The molecular formula is C61H117B2F6O13+. The molecule has 2 fully saturated rings. The van der Waals surface area contributed by atoms with E-state index in [1.54, 1.807) is 21.0 Å². The average Bonchev–Trinajstić information content (AvgIpc) is 4.49. The zero-order chi connectivity index (χ0) is 63.3. The van der Waals surface area contributed by atoms with E-state index in [2.05, 4.69) is 74.0 Å². The Morgan fingerprint density at radius 1 is 0.451 bits per heavy atom. The third kappa shape index (κ3) is 49.1. The summed E-state index contributed by atoms with van der Waals surface area (Å²) in [6.45, 7) is 28.6. The largest absolute Gasteiger partial charge is 0.844 e. The zero-order valence-corrected chi connectivity index (χ0v) is 54.0. The quantitative estimate of drug-likeness (QED) is 0.00843. The number of halogens is 6. The Bertz CT molecular complexity index is 1510. The van der Waals surface area contributed by atoms with Crippen molar-refractivity contribution in [1.29, 1.82) is 0 Å². The molecule has 0 amide bonds. The van der Waals surface area contributed by atoms with Gasteiger partial charge < -0.3 is 45.3 Å². The van der Waals surface area contributed by atoms with Crippen molar-refractivity contribution < 1.29 is 87.0 Å². The van der Waals surface area contributed by atoms with Gasteiger partial charge in [0.1, 0.15) is 24.7 Å². The Morgan fingerprint density at radius 2 is 0.756 bits per heavy atom. The summed E-state index contributed by atoms with van der Waals surface area (Å²) in [5.74, 6) is -0.802. The third-order valence-corrected chi connectivity index (χ3v) is 13.6. The van der Waals surface area contributed by atoms with Crippen molar-refractivity contribution in [2.45, 2.75) is 351 Å². The normalized spacial score (nSPS) is 17.5. The Labute approximate surface area is 494 Å². The molecule has 2 rings (SSSR count). The van der Waals surface area contributed by atoms with Gasteiger partial charge in [-0.3, -0.25) is 32.1 Å². The molecule has 2 saturated heterocycles. The van der Waals surface area contributed by atoms with Crippen LogP contribution in [0.25, 0.3) is 0 Å². The van der Waals surface area contributed by atoms with Gasteiger partial charge in [0.2, 0.25) is 6.10 Å². The standard InChI is InChI=1S/C19H37O4.C18H34O4.C12H22O3.C6H12BF3O.C6H12O.BF3/c1-6-10-12-14-18(20)23-19(15-13-11-7-2)22-17(9-4)16(8-3)21-5;1-5-9-11-13-17(19)21-15(7-3)16(8-4)22-18(20)14-12-10-6-2;1-3-5-7-9-11(13)15-12(14)10-8-6-4-2;1-3-5-6(4-2)11(5)7(8,9)10;1-3-5-6(4-2)7-5;2-1(3)4/h16-17H,6-15H2,1-5H3;15-16H,5-14H2,1-4H3;3-10H2,1-2H3;5-6H,3-4H2,1-2H3;5-6H,3-4H2,1-2H3;/q+1;;;;;. The molecule has 0 spiro atoms. The lowest BCUT2D eigenvalue weighted by molar-refractivity contribution is -0.526. The Balaban J connectivity index is -0.000000475. The minimum absolute atomic E-state index is 0.0277. The molecule has 0 aromatic heterocycles. The van der Waals surface area contributed by atoms with E-state index < -0.39 is 14.7 Å². The van der Waals surface area contributed by atoms with Crippen LogP contribution in [0.2, 0.25) is 0 Å². The number of carbonyl (C=O) groups excluding carboxylic acids is 6. The fraction of sp³-hybridized carbons (Fsp3) is 0.902. The summed E-state index contributed by atoms with van der Waals surface area (Å²) in [6, 6.07) is 0. The zero-order valence-electron chi connectivity index (χ0n) is 54.0. The number of unbranched alkanes of at least 4 members (excludes halogenated alkanes) is 12. The van der Waals surface area contributed by atoms with Gasteiger partial charge in [0.15, 0.2) is 12.2 Å². The van der Waals surface area contributed by atoms with Gasteiger partial charge in [0.05, 0.1) is 18.6 Å². The van der Waals surface area contributed by atoms with Gasteiger partial charge in [0.25, 0.3) is 0 Å². The highest BCUT2D eigenvalue weighted by Gasteiger charge is 2.65. The van der Waals surface area contributed by atoms with Gasteiger partial charge in [-0.25, -0.2) is 9.53 Å². The third-order valence-electron chi connectivity index (χ3n) is 13.6. The highest BCUT2D eigenvalue weighted by Crippen LogP contribution is 2.46. The van der Waals surface area contributed by atoms with Crippen molar-refractivity contribution in [3.63, 3.8) is 0 Å². The molecule has 8 unspecified atom stereocenters. The van der Waals surface area contributed by atoms with Crippen LogP contribution < -0.4 is 0 Å². The fourth-order valence-corrected chi connectivity index (χ4v) is 8.66. The van der Waals surface area contributed by atoms with Gasteiger partial charge in [-0.1, -0.05) is 174 Å². The summed E-state index contributed by atoms with van der Waals surface area (Å²) in [5.41, 5.74) is 0. The number of rotatable bonds is 39. The number of carbonyl (C=O) groups is 5. The summed E-state index contributed by atoms with van der Waals surface area (Å²) in [6.07, 6.45) is 27.3. The first-order chi connectivity index (χ1) is 39.0. The predicted molar refractivity (Wildman–Crippen MR) is 319 cm³/mol. The molecule has 2 aliphatic rings. The number of esters is 6. The number of methoxy groups -OCH3 is 1. The molecule has 2 heterocycles. The molecule has 13 nitrogen and oxygen atoms in total. The van der Waals surface area contributed by atoms with Gasteiger partial charge in [-0.15, -0.1) is 0 Å². The number of hydrogen-bond donors (Lipinski definition) is 0. The lowest BCUT2D eigenvalue weighted by Gasteiger charge is -2.25. The summed E-state index contributed by atoms with van der Waals surface area (Å²) < 4.78 is 105. The van der Waals surface area contributed by atoms with E-state index in [1.807, 2.05) is 13.8 Å². The average molecular weight is 1190 g/mol. The van der Waals surface area contributed by atoms with Crippen LogP contribution in [0.3, 0.4) is 0 Å². The molecule has 0 aromatic carbocycles. The van der Waals surface area contributed by atoms with Gasteiger partial charge in [0, 0.05) is 52.1 Å². The lowest BCUT2D eigenvalue weighted by Crippen LogP contribution is -2.34. The lowest BCUT2D eigenvalue weighted by atomic mass is 10.1. The molecular weight excluding hydrogens is 1080 g/mol. The van der Waals surface area contributed by atoms with Crippen molar-refractivity contribution in [2.75, 3.05) is 7.11 Å². The fourth-order valence-electron chi connectivity index (χ4n) is 8.66. The molecule has 0 aliphatic carbocycles. The Hall–Kier alpha value is -3.19. The molecule has 0 radical (unpaired) electrons. The van der Waals surface area contributed by atoms with Crippen LogP contribution in [0, 0.1) is 0 Å². The first-order valence-corrected chi connectivity index (χ1v) is 31.9. The van der Waals surface area contributed by atoms with E-state index in [0.717, 1.165) is 128 Å². The van der Waals surface area contributed by atoms with Crippen LogP contribution in [0.5, 0.6) is 0 Å². The predicted octanol–water partition coefficient (Wildman–Crippen LogP) is 17.9. The SMILES string of the molecule is CCC1C(CC)[O+]1[B-](F)(F)F.CCC1OC1CC.CCCCCC(=O)OC(=O)CCCCC.CCCCCC(=O)OC(CC)C(CC)OC(=O)CCCCC.CCCCCC(=O)OC(CCCCC)=[O+]C(CC)C(CC)OC.FB(F)F. The van der Waals surface area contributed by atoms with E-state index in [-0.39, 0.29) is 66.5 Å². The second-order valence-corrected chi connectivity index (χ2v) is 20.6. The Morgan fingerprint density at radius 3 is 0.988 bits per heavy atom. The van der Waals surface area contributed by atoms with E-state index >= 15 is 0 Å². The molecule has 0 saturated carbocycles. The highest BCUT2D eigenvalue weighted by molar-refractivity contribution is 6.52. The van der Waals surface area contributed by atoms with Crippen LogP contribution in [0.1, 0.15) is 302 Å². The van der Waals surface area contributed by atoms with Gasteiger partial charge in [-0.05, 0) is 70.6 Å².